The zero-order chi connectivity index (χ0) is 18.0. The molecule has 0 spiro atoms. The first-order chi connectivity index (χ1) is 12.0. The van der Waals surface area contributed by atoms with Gasteiger partial charge in [0, 0.05) is 4.47 Å². The van der Waals surface area contributed by atoms with Gasteiger partial charge in [0.2, 0.25) is 5.91 Å². The Hall–Kier alpha value is -1.70. The highest BCUT2D eigenvalue weighted by molar-refractivity contribution is 9.10. The Labute approximate surface area is 161 Å². The lowest BCUT2D eigenvalue weighted by Crippen LogP contribution is -2.41. The van der Waals surface area contributed by atoms with E-state index in [0.717, 1.165) is 14.9 Å². The molecule has 2 amide bonds. The zero-order valence-electron chi connectivity index (χ0n) is 13.0. The van der Waals surface area contributed by atoms with Crippen LogP contribution in [0.25, 0.3) is 0 Å². The number of rotatable bonds is 4. The second-order valence-corrected chi connectivity index (χ2v) is 7.51. The summed E-state index contributed by atoms with van der Waals surface area (Å²) in [5.74, 6) is -0.535. The van der Waals surface area contributed by atoms with Gasteiger partial charge in [0.05, 0.1) is 0 Å². The van der Waals surface area contributed by atoms with Crippen LogP contribution in [-0.2, 0) is 9.53 Å². The number of hydrogen-bond acceptors (Lipinski definition) is 4. The Morgan fingerprint density at radius 1 is 1.16 bits per heavy atom. The first-order valence-corrected chi connectivity index (χ1v) is 9.32. The smallest absolute Gasteiger partial charge is 0.417 e. The van der Waals surface area contributed by atoms with E-state index in [9.17, 15) is 14.7 Å². The van der Waals surface area contributed by atoms with Gasteiger partial charge in [0.25, 0.3) is 0 Å². The van der Waals surface area contributed by atoms with Gasteiger partial charge >= 0.3 is 6.09 Å². The van der Waals surface area contributed by atoms with E-state index in [-0.39, 0.29) is 6.61 Å². The molecule has 3 rings (SSSR count). The standard InChI is InChI=1S/C18H15Br2NO4/c19-13-8-6-12(7-9-13)16(22)15(20)17(23)21-14(10-25-18(21)24)11-4-2-1-3-5-11/h1-9,14-16,22H,10H2/t14-,15-,16+/m0/s1. The predicted molar refractivity (Wildman–Crippen MR) is 99.2 cm³/mol. The predicted octanol–water partition coefficient (Wildman–Crippen LogP) is 3.97. The summed E-state index contributed by atoms with van der Waals surface area (Å²) in [6.45, 7) is 0.0999. The number of imide groups is 1. The molecule has 0 radical (unpaired) electrons. The van der Waals surface area contributed by atoms with E-state index in [2.05, 4.69) is 31.9 Å². The summed E-state index contributed by atoms with van der Waals surface area (Å²) in [6.07, 6.45) is -1.79. The highest BCUT2D eigenvalue weighted by Crippen LogP contribution is 2.32. The van der Waals surface area contributed by atoms with Crippen molar-refractivity contribution in [1.29, 1.82) is 0 Å². The molecule has 0 aromatic heterocycles. The number of amides is 2. The summed E-state index contributed by atoms with van der Waals surface area (Å²) >= 11 is 6.57. The maximum absolute atomic E-state index is 12.8. The monoisotopic (exact) mass is 467 g/mol. The number of cyclic esters (lactones) is 1. The summed E-state index contributed by atoms with van der Waals surface area (Å²) in [5.41, 5.74) is 1.38. The van der Waals surface area contributed by atoms with Crippen molar-refractivity contribution >= 4 is 43.9 Å². The molecule has 2 aromatic rings. The van der Waals surface area contributed by atoms with Crippen LogP contribution in [0, 0.1) is 0 Å². The molecule has 2 aromatic carbocycles. The van der Waals surface area contributed by atoms with Crippen molar-refractivity contribution in [2.75, 3.05) is 6.61 Å². The molecular formula is C18H15Br2NO4. The molecular weight excluding hydrogens is 454 g/mol. The third-order valence-corrected chi connectivity index (χ3v) is 5.44. The van der Waals surface area contributed by atoms with Gasteiger partial charge in [0.1, 0.15) is 23.6 Å². The summed E-state index contributed by atoms with van der Waals surface area (Å²) in [6, 6.07) is 15.7. The van der Waals surface area contributed by atoms with Crippen LogP contribution in [-0.4, -0.2) is 33.4 Å². The molecule has 0 unspecified atom stereocenters. The summed E-state index contributed by atoms with van der Waals surface area (Å²) < 4.78 is 5.93. The van der Waals surface area contributed by atoms with Crippen molar-refractivity contribution in [3.63, 3.8) is 0 Å². The minimum atomic E-state index is -1.09. The molecule has 3 atom stereocenters. The second-order valence-electron chi connectivity index (χ2n) is 5.61. The Balaban J connectivity index is 1.82. The van der Waals surface area contributed by atoms with E-state index in [1.807, 2.05) is 30.3 Å². The van der Waals surface area contributed by atoms with Gasteiger partial charge in [-0.2, -0.15) is 0 Å². The van der Waals surface area contributed by atoms with Gasteiger partial charge in [-0.15, -0.1) is 0 Å². The molecule has 0 aliphatic carbocycles. The number of ether oxygens (including phenoxy) is 1. The second kappa shape index (κ2) is 7.68. The normalized spacial score (nSPS) is 19.4. The minimum absolute atomic E-state index is 0.0999. The van der Waals surface area contributed by atoms with Crippen LogP contribution >= 0.6 is 31.9 Å². The van der Waals surface area contributed by atoms with E-state index in [4.69, 9.17) is 4.74 Å². The van der Waals surface area contributed by atoms with Crippen molar-refractivity contribution in [3.8, 4) is 0 Å². The van der Waals surface area contributed by atoms with Gasteiger partial charge in [-0.3, -0.25) is 4.79 Å². The van der Waals surface area contributed by atoms with Crippen molar-refractivity contribution < 1.29 is 19.4 Å². The molecule has 1 aliphatic heterocycles. The minimum Gasteiger partial charge on any atom is -0.446 e. The van der Waals surface area contributed by atoms with Crippen molar-refractivity contribution in [2.24, 2.45) is 0 Å². The third kappa shape index (κ3) is 3.78. The molecule has 5 nitrogen and oxygen atoms in total. The lowest BCUT2D eigenvalue weighted by Gasteiger charge is -2.25. The quantitative estimate of drug-likeness (QED) is 0.689. The maximum Gasteiger partial charge on any atom is 0.417 e. The van der Waals surface area contributed by atoms with Crippen molar-refractivity contribution in [1.82, 2.24) is 4.90 Å². The van der Waals surface area contributed by atoms with Gasteiger partial charge in [-0.05, 0) is 23.3 Å². The first-order valence-electron chi connectivity index (χ1n) is 7.61. The summed E-state index contributed by atoms with van der Waals surface area (Å²) in [4.78, 5) is 25.0. The maximum atomic E-state index is 12.8. The van der Waals surface area contributed by atoms with Gasteiger partial charge in [-0.1, -0.05) is 74.3 Å². The van der Waals surface area contributed by atoms with Crippen molar-refractivity contribution in [2.45, 2.75) is 17.0 Å². The topological polar surface area (TPSA) is 66.8 Å². The Bertz CT molecular complexity index is 766. The van der Waals surface area contributed by atoms with E-state index >= 15 is 0 Å². The number of benzene rings is 2. The molecule has 25 heavy (non-hydrogen) atoms. The zero-order valence-corrected chi connectivity index (χ0v) is 16.2. The van der Waals surface area contributed by atoms with Crippen molar-refractivity contribution in [3.05, 3.63) is 70.2 Å². The number of nitrogens with zero attached hydrogens (tertiary/aromatic N) is 1. The average Bonchev–Trinajstić information content (AvgIpc) is 3.02. The summed E-state index contributed by atoms with van der Waals surface area (Å²) in [5, 5.41) is 10.5. The molecule has 7 heteroatoms. The fourth-order valence-electron chi connectivity index (χ4n) is 2.68. The Morgan fingerprint density at radius 3 is 2.44 bits per heavy atom. The molecule has 1 heterocycles. The van der Waals surface area contributed by atoms with Gasteiger partial charge < -0.3 is 9.84 Å². The Morgan fingerprint density at radius 2 is 1.80 bits per heavy atom. The van der Waals surface area contributed by atoms with E-state index < -0.39 is 29.0 Å². The van der Waals surface area contributed by atoms with Crippen LogP contribution in [0.3, 0.4) is 0 Å². The fraction of sp³-hybridized carbons (Fsp3) is 0.222. The molecule has 1 fully saturated rings. The van der Waals surface area contributed by atoms with Crippen LogP contribution < -0.4 is 0 Å². The van der Waals surface area contributed by atoms with Crippen LogP contribution in [0.5, 0.6) is 0 Å². The Kier molecular flexibility index (Phi) is 5.56. The fourth-order valence-corrected chi connectivity index (χ4v) is 3.47. The van der Waals surface area contributed by atoms with Crippen LogP contribution in [0.1, 0.15) is 23.3 Å². The number of carbonyl (C=O) groups excluding carboxylic acids is 2. The van der Waals surface area contributed by atoms with Crippen LogP contribution in [0.15, 0.2) is 59.1 Å². The van der Waals surface area contributed by atoms with Gasteiger partial charge in [-0.25, -0.2) is 9.69 Å². The van der Waals surface area contributed by atoms with Gasteiger partial charge in [0.15, 0.2) is 0 Å². The van der Waals surface area contributed by atoms with E-state index in [1.165, 1.54) is 0 Å². The number of alkyl halides is 1. The van der Waals surface area contributed by atoms with Crippen LogP contribution in [0.4, 0.5) is 4.79 Å². The molecule has 0 saturated carbocycles. The molecule has 130 valence electrons. The highest BCUT2D eigenvalue weighted by atomic mass is 79.9. The van der Waals surface area contributed by atoms with Crippen LogP contribution in [0.2, 0.25) is 0 Å². The first kappa shape index (κ1) is 18.1. The van der Waals surface area contributed by atoms with E-state index in [1.54, 1.807) is 24.3 Å². The number of carbonyl (C=O) groups is 2. The largest absolute Gasteiger partial charge is 0.446 e. The highest BCUT2D eigenvalue weighted by Gasteiger charge is 2.42. The third-order valence-electron chi connectivity index (χ3n) is 4.02. The molecule has 1 aliphatic rings. The lowest BCUT2D eigenvalue weighted by atomic mass is 10.0. The SMILES string of the molecule is O=C1OC[C@@H](c2ccccc2)N1C(=O)[C@@H](Br)[C@H](O)c1ccc(Br)cc1. The average molecular weight is 469 g/mol. The number of hydrogen-bond donors (Lipinski definition) is 1. The number of aliphatic hydroxyl groups excluding tert-OH is 1. The molecule has 1 saturated heterocycles. The lowest BCUT2D eigenvalue weighted by molar-refractivity contribution is -0.130. The van der Waals surface area contributed by atoms with E-state index in [0.29, 0.717) is 5.56 Å². The molecule has 1 N–H and O–H groups in total. The number of aliphatic hydroxyl groups is 1. The molecule has 0 bridgehead atoms. The number of halogens is 2. The summed E-state index contributed by atoms with van der Waals surface area (Å²) in [7, 11) is 0.